The molecule has 0 radical (unpaired) electrons. The van der Waals surface area contributed by atoms with E-state index in [1.165, 1.54) is 7.05 Å². The number of carbonyl (C=O) groups excluding carboxylic acids is 2. The topological polar surface area (TPSA) is 117 Å². The van der Waals surface area contributed by atoms with E-state index >= 15 is 0 Å². The molecule has 0 bridgehead atoms. The van der Waals surface area contributed by atoms with Crippen LogP contribution in [0.15, 0.2) is 0 Å². The lowest BCUT2D eigenvalue weighted by atomic mass is 10.6. The highest BCUT2D eigenvalue weighted by Crippen LogP contribution is 1.74. The molecular weight excluding hydrogens is 218 g/mol. The number of rotatable bonds is 7. The molecule has 0 heterocycles. The number of hydrogen-bond donors (Lipinski definition) is 4. The van der Waals surface area contributed by atoms with E-state index in [2.05, 4.69) is 20.7 Å². The summed E-state index contributed by atoms with van der Waals surface area (Å²) in [6.45, 7) is -0.244. The Labute approximate surface area is 92.3 Å². The Kier molecular flexibility index (Phi) is 7.51. The Morgan fingerprint density at radius 2 is 1.94 bits per heavy atom. The maximum Gasteiger partial charge on any atom is 0.329 e. The summed E-state index contributed by atoms with van der Waals surface area (Å²) in [6.07, 6.45) is 0. The predicted octanol–water partition coefficient (Wildman–Crippen LogP) is -1.87. The summed E-state index contributed by atoms with van der Waals surface area (Å²) in [5.41, 5.74) is 0. The highest BCUT2D eigenvalue weighted by Gasteiger charge is 2.02. The quantitative estimate of drug-likeness (QED) is 0.384. The minimum absolute atomic E-state index is 0.0969. The van der Waals surface area contributed by atoms with Crippen molar-refractivity contribution < 1.29 is 24.2 Å². The molecule has 0 fully saturated rings. The third kappa shape index (κ3) is 8.75. The minimum Gasteiger partial charge on any atom is -0.480 e. The summed E-state index contributed by atoms with van der Waals surface area (Å²) in [4.78, 5) is 31.7. The van der Waals surface area contributed by atoms with E-state index in [0.29, 0.717) is 0 Å². The molecule has 0 aliphatic heterocycles. The van der Waals surface area contributed by atoms with Crippen molar-refractivity contribution in [3.63, 3.8) is 0 Å². The third-order valence-electron chi connectivity index (χ3n) is 1.45. The number of hydrogen-bond acceptors (Lipinski definition) is 4. The fraction of sp³-hybridized carbons (Fsp3) is 0.625. The molecule has 0 saturated carbocycles. The molecule has 0 atom stereocenters. The number of amides is 3. The number of carboxylic acids is 1. The lowest BCUT2D eigenvalue weighted by Crippen LogP contribution is -2.42. The van der Waals surface area contributed by atoms with Crippen molar-refractivity contribution in [2.75, 3.05) is 33.4 Å². The Morgan fingerprint density at radius 3 is 2.50 bits per heavy atom. The van der Waals surface area contributed by atoms with Crippen molar-refractivity contribution in [3.8, 4) is 0 Å². The first-order valence-corrected chi connectivity index (χ1v) is 4.58. The van der Waals surface area contributed by atoms with E-state index in [-0.39, 0.29) is 25.6 Å². The molecule has 0 aromatic rings. The highest BCUT2D eigenvalue weighted by atomic mass is 16.5. The van der Waals surface area contributed by atoms with Crippen LogP contribution >= 0.6 is 0 Å². The molecular formula is C8H15N3O5. The highest BCUT2D eigenvalue weighted by molar-refractivity contribution is 5.83. The zero-order valence-electron chi connectivity index (χ0n) is 8.91. The normalized spacial score (nSPS) is 9.31. The molecule has 8 heteroatoms. The average Bonchev–Trinajstić information content (AvgIpc) is 2.24. The van der Waals surface area contributed by atoms with Gasteiger partial charge in [0, 0.05) is 13.6 Å². The van der Waals surface area contributed by atoms with Crippen LogP contribution < -0.4 is 16.0 Å². The summed E-state index contributed by atoms with van der Waals surface area (Å²) in [7, 11) is 1.46. The van der Waals surface area contributed by atoms with E-state index < -0.39 is 18.6 Å². The fourth-order valence-corrected chi connectivity index (χ4v) is 0.708. The second-order valence-electron chi connectivity index (χ2n) is 2.73. The molecule has 0 aromatic heterocycles. The molecule has 8 nitrogen and oxygen atoms in total. The van der Waals surface area contributed by atoms with Gasteiger partial charge < -0.3 is 25.8 Å². The molecule has 3 amide bonds. The van der Waals surface area contributed by atoms with Crippen LogP contribution in [-0.2, 0) is 14.3 Å². The van der Waals surface area contributed by atoms with Gasteiger partial charge in [-0.1, -0.05) is 0 Å². The molecule has 0 aromatic carbocycles. The van der Waals surface area contributed by atoms with E-state index in [4.69, 9.17) is 5.11 Å². The predicted molar refractivity (Wildman–Crippen MR) is 53.9 cm³/mol. The van der Waals surface area contributed by atoms with Gasteiger partial charge in [0.2, 0.25) is 5.91 Å². The molecule has 0 unspecified atom stereocenters. The first-order valence-electron chi connectivity index (χ1n) is 4.58. The third-order valence-corrected chi connectivity index (χ3v) is 1.45. The van der Waals surface area contributed by atoms with E-state index in [1.54, 1.807) is 0 Å². The van der Waals surface area contributed by atoms with Crippen molar-refractivity contribution in [1.82, 2.24) is 16.0 Å². The first-order chi connectivity index (χ1) is 7.56. The van der Waals surface area contributed by atoms with Gasteiger partial charge in [0.1, 0.15) is 6.61 Å². The van der Waals surface area contributed by atoms with Crippen LogP contribution in [0.1, 0.15) is 0 Å². The molecule has 0 aliphatic rings. The SMILES string of the molecule is CNC(=O)CNC(=O)NCCOCC(=O)O. The lowest BCUT2D eigenvalue weighted by Gasteiger charge is -2.06. The van der Waals surface area contributed by atoms with Crippen LogP contribution in [0.25, 0.3) is 0 Å². The molecule has 4 N–H and O–H groups in total. The first kappa shape index (κ1) is 14.2. The van der Waals surface area contributed by atoms with E-state index in [0.717, 1.165) is 0 Å². The zero-order chi connectivity index (χ0) is 12.4. The van der Waals surface area contributed by atoms with Crippen LogP contribution in [0.5, 0.6) is 0 Å². The number of carboxylic acid groups (broad SMARTS) is 1. The Bertz CT molecular complexity index is 256. The number of nitrogens with one attached hydrogen (secondary N) is 3. The van der Waals surface area contributed by atoms with Gasteiger partial charge in [-0.3, -0.25) is 4.79 Å². The van der Waals surface area contributed by atoms with Gasteiger partial charge in [0.05, 0.1) is 13.2 Å². The Hall–Kier alpha value is -1.83. The molecule has 16 heavy (non-hydrogen) atoms. The molecule has 92 valence electrons. The smallest absolute Gasteiger partial charge is 0.329 e. The number of carbonyl (C=O) groups is 3. The van der Waals surface area contributed by atoms with E-state index in [1.807, 2.05) is 0 Å². The van der Waals surface area contributed by atoms with Crippen molar-refractivity contribution in [2.45, 2.75) is 0 Å². The molecule has 0 spiro atoms. The summed E-state index contributed by atoms with van der Waals surface area (Å²) in [5.74, 6) is -1.37. The second kappa shape index (κ2) is 8.48. The Morgan fingerprint density at radius 1 is 1.25 bits per heavy atom. The zero-order valence-corrected chi connectivity index (χ0v) is 8.91. The standard InChI is InChI=1S/C8H15N3O5/c1-9-6(12)4-11-8(15)10-2-3-16-5-7(13)14/h2-5H2,1H3,(H,9,12)(H,13,14)(H2,10,11,15). The summed E-state index contributed by atoms with van der Waals surface area (Å²) in [6, 6.07) is -0.512. The van der Waals surface area contributed by atoms with E-state index in [9.17, 15) is 14.4 Å². The van der Waals surface area contributed by atoms with Gasteiger partial charge in [-0.15, -0.1) is 0 Å². The molecule has 0 rings (SSSR count). The summed E-state index contributed by atoms with van der Waals surface area (Å²) >= 11 is 0. The van der Waals surface area contributed by atoms with Crippen LogP contribution in [0.2, 0.25) is 0 Å². The van der Waals surface area contributed by atoms with Crippen molar-refractivity contribution in [3.05, 3.63) is 0 Å². The van der Waals surface area contributed by atoms with Gasteiger partial charge >= 0.3 is 12.0 Å². The van der Waals surface area contributed by atoms with Crippen LogP contribution in [0.4, 0.5) is 4.79 Å². The Balaban J connectivity index is 3.37. The van der Waals surface area contributed by atoms with Crippen LogP contribution in [0, 0.1) is 0 Å². The maximum atomic E-state index is 11.0. The number of urea groups is 1. The van der Waals surface area contributed by atoms with Gasteiger partial charge in [-0.05, 0) is 0 Å². The van der Waals surface area contributed by atoms with Crippen molar-refractivity contribution >= 4 is 17.9 Å². The second-order valence-corrected chi connectivity index (χ2v) is 2.73. The molecule has 0 aliphatic carbocycles. The largest absolute Gasteiger partial charge is 0.480 e. The van der Waals surface area contributed by atoms with Crippen molar-refractivity contribution in [1.29, 1.82) is 0 Å². The van der Waals surface area contributed by atoms with Gasteiger partial charge in [0.15, 0.2) is 0 Å². The number of ether oxygens (including phenoxy) is 1. The number of likely N-dealkylation sites (N-methyl/N-ethyl adjacent to an activating group) is 1. The average molecular weight is 233 g/mol. The van der Waals surface area contributed by atoms with Gasteiger partial charge in [-0.2, -0.15) is 0 Å². The summed E-state index contributed by atoms with van der Waals surface area (Å²) in [5, 5.41) is 15.3. The monoisotopic (exact) mass is 233 g/mol. The lowest BCUT2D eigenvalue weighted by molar-refractivity contribution is -0.142. The van der Waals surface area contributed by atoms with Gasteiger partial charge in [-0.25, -0.2) is 9.59 Å². The van der Waals surface area contributed by atoms with Crippen LogP contribution in [-0.4, -0.2) is 56.4 Å². The van der Waals surface area contributed by atoms with Crippen LogP contribution in [0.3, 0.4) is 0 Å². The van der Waals surface area contributed by atoms with Gasteiger partial charge in [0.25, 0.3) is 0 Å². The van der Waals surface area contributed by atoms with Crippen molar-refractivity contribution in [2.24, 2.45) is 0 Å². The fourth-order valence-electron chi connectivity index (χ4n) is 0.708. The molecule has 0 saturated heterocycles. The maximum absolute atomic E-state index is 11.0. The minimum atomic E-state index is -1.07. The summed E-state index contributed by atoms with van der Waals surface area (Å²) < 4.78 is 4.67. The number of aliphatic carboxylic acids is 1.